The van der Waals surface area contributed by atoms with Crippen LogP contribution >= 0.6 is 0 Å². The fraction of sp³-hybridized carbons (Fsp3) is 0.900. The minimum absolute atomic E-state index is 0.0270. The van der Waals surface area contributed by atoms with Gasteiger partial charge in [0.2, 0.25) is 10.0 Å². The van der Waals surface area contributed by atoms with E-state index in [2.05, 4.69) is 4.72 Å². The monoisotopic (exact) mass is 251 g/mol. The Balaban J connectivity index is 4.61. The van der Waals surface area contributed by atoms with Crippen molar-refractivity contribution in [3.63, 3.8) is 0 Å². The van der Waals surface area contributed by atoms with Gasteiger partial charge in [0.1, 0.15) is 6.04 Å². The van der Waals surface area contributed by atoms with E-state index in [4.69, 9.17) is 5.11 Å². The molecule has 0 aromatic heterocycles. The first kappa shape index (κ1) is 15.4. The Hall–Kier alpha value is -0.620. The van der Waals surface area contributed by atoms with Crippen LogP contribution in [0.25, 0.3) is 0 Å². The molecule has 0 heterocycles. The molecule has 2 N–H and O–H groups in total. The Morgan fingerprint density at radius 2 is 1.81 bits per heavy atom. The van der Waals surface area contributed by atoms with Gasteiger partial charge in [0.25, 0.3) is 0 Å². The van der Waals surface area contributed by atoms with Crippen LogP contribution in [0.1, 0.15) is 34.1 Å². The van der Waals surface area contributed by atoms with Crippen molar-refractivity contribution in [2.75, 3.05) is 5.75 Å². The average Bonchev–Trinajstić information content (AvgIpc) is 2.12. The molecule has 0 rings (SSSR count). The van der Waals surface area contributed by atoms with Crippen molar-refractivity contribution in [3.8, 4) is 0 Å². The van der Waals surface area contributed by atoms with Crippen molar-refractivity contribution >= 4 is 16.0 Å². The number of aliphatic carboxylic acids is 1. The van der Waals surface area contributed by atoms with Crippen molar-refractivity contribution in [1.82, 2.24) is 4.72 Å². The molecule has 0 aliphatic heterocycles. The van der Waals surface area contributed by atoms with E-state index in [-0.39, 0.29) is 17.6 Å². The summed E-state index contributed by atoms with van der Waals surface area (Å²) in [6.45, 7) is 7.07. The second kappa shape index (κ2) is 6.20. The zero-order valence-corrected chi connectivity index (χ0v) is 11.0. The summed E-state index contributed by atoms with van der Waals surface area (Å²) in [4.78, 5) is 10.8. The summed E-state index contributed by atoms with van der Waals surface area (Å²) in [6, 6.07) is -1.05. The fourth-order valence-electron chi connectivity index (χ4n) is 1.21. The van der Waals surface area contributed by atoms with E-state index < -0.39 is 22.0 Å². The zero-order chi connectivity index (χ0) is 12.9. The van der Waals surface area contributed by atoms with E-state index in [1.54, 1.807) is 13.8 Å². The number of carboxylic acids is 1. The molecule has 5 nitrogen and oxygen atoms in total. The summed E-state index contributed by atoms with van der Waals surface area (Å²) < 4.78 is 25.5. The molecule has 0 fully saturated rings. The Morgan fingerprint density at radius 1 is 1.31 bits per heavy atom. The van der Waals surface area contributed by atoms with Crippen molar-refractivity contribution in [2.24, 2.45) is 11.8 Å². The number of hydrogen-bond donors (Lipinski definition) is 2. The van der Waals surface area contributed by atoms with Crippen molar-refractivity contribution < 1.29 is 18.3 Å². The van der Waals surface area contributed by atoms with E-state index in [1.165, 1.54) is 0 Å². The lowest BCUT2D eigenvalue weighted by molar-refractivity contribution is -0.140. The van der Waals surface area contributed by atoms with Gasteiger partial charge in [-0.15, -0.1) is 0 Å². The van der Waals surface area contributed by atoms with Crippen LogP contribution in [-0.2, 0) is 14.8 Å². The lowest BCUT2D eigenvalue weighted by Gasteiger charge is -2.19. The SMILES string of the molecule is CCC(C)CS(=O)(=O)N[C@H](C(=O)O)C(C)C. The number of rotatable bonds is 7. The van der Waals surface area contributed by atoms with Gasteiger partial charge in [-0.3, -0.25) is 4.79 Å². The average molecular weight is 251 g/mol. The Bertz CT molecular complexity index is 324. The molecule has 0 bridgehead atoms. The van der Waals surface area contributed by atoms with E-state index >= 15 is 0 Å². The molecule has 0 aliphatic rings. The maximum atomic E-state index is 11.6. The quantitative estimate of drug-likeness (QED) is 0.708. The molecule has 0 saturated carbocycles. The van der Waals surface area contributed by atoms with Gasteiger partial charge in [-0.1, -0.05) is 34.1 Å². The minimum Gasteiger partial charge on any atom is -0.480 e. The first-order chi connectivity index (χ1) is 7.19. The molecular weight excluding hydrogens is 230 g/mol. The summed E-state index contributed by atoms with van der Waals surface area (Å²) in [6.07, 6.45) is 0.750. The third-order valence-corrected chi connectivity index (χ3v) is 4.06. The van der Waals surface area contributed by atoms with Crippen LogP contribution in [0, 0.1) is 11.8 Å². The molecule has 1 unspecified atom stereocenters. The minimum atomic E-state index is -3.51. The lowest BCUT2D eigenvalue weighted by Crippen LogP contribution is -2.45. The molecule has 16 heavy (non-hydrogen) atoms. The highest BCUT2D eigenvalue weighted by Gasteiger charge is 2.27. The molecule has 0 saturated heterocycles. The number of carbonyl (C=O) groups is 1. The normalized spacial score (nSPS) is 16.1. The van der Waals surface area contributed by atoms with Gasteiger partial charge in [0.05, 0.1) is 5.75 Å². The number of hydrogen-bond acceptors (Lipinski definition) is 3. The molecule has 0 aromatic carbocycles. The number of sulfonamides is 1. The summed E-state index contributed by atoms with van der Waals surface area (Å²) in [7, 11) is -3.51. The van der Waals surface area contributed by atoms with E-state index in [1.807, 2.05) is 13.8 Å². The fourth-order valence-corrected chi connectivity index (χ4v) is 3.05. The molecule has 0 radical (unpaired) electrons. The molecule has 6 heteroatoms. The Morgan fingerprint density at radius 3 is 2.12 bits per heavy atom. The van der Waals surface area contributed by atoms with Crippen LogP contribution < -0.4 is 4.72 Å². The van der Waals surface area contributed by atoms with Gasteiger partial charge in [-0.25, -0.2) is 13.1 Å². The van der Waals surface area contributed by atoms with Gasteiger partial charge >= 0.3 is 5.97 Å². The van der Waals surface area contributed by atoms with Crippen LogP contribution in [0.15, 0.2) is 0 Å². The molecule has 0 amide bonds. The topological polar surface area (TPSA) is 83.5 Å². The smallest absolute Gasteiger partial charge is 0.321 e. The number of carboxylic acid groups (broad SMARTS) is 1. The van der Waals surface area contributed by atoms with Gasteiger partial charge in [0, 0.05) is 0 Å². The molecule has 0 aliphatic carbocycles. The maximum Gasteiger partial charge on any atom is 0.321 e. The predicted molar refractivity (Wildman–Crippen MR) is 62.6 cm³/mol. The molecule has 2 atom stereocenters. The molecule has 96 valence electrons. The second-order valence-electron chi connectivity index (χ2n) is 4.47. The highest BCUT2D eigenvalue weighted by atomic mass is 32.2. The molecule has 0 spiro atoms. The second-order valence-corrected chi connectivity index (χ2v) is 6.27. The summed E-state index contributed by atoms with van der Waals surface area (Å²) in [5.74, 6) is -1.41. The first-order valence-electron chi connectivity index (χ1n) is 5.42. The first-order valence-corrected chi connectivity index (χ1v) is 7.07. The Kier molecular flexibility index (Phi) is 5.96. The van der Waals surface area contributed by atoms with Crippen molar-refractivity contribution in [3.05, 3.63) is 0 Å². The van der Waals surface area contributed by atoms with Crippen molar-refractivity contribution in [1.29, 1.82) is 0 Å². The van der Waals surface area contributed by atoms with Crippen molar-refractivity contribution in [2.45, 2.75) is 40.2 Å². The van der Waals surface area contributed by atoms with Crippen LogP contribution in [-0.4, -0.2) is 31.3 Å². The maximum absolute atomic E-state index is 11.6. The lowest BCUT2D eigenvalue weighted by atomic mass is 10.1. The van der Waals surface area contributed by atoms with Crippen LogP contribution in [0.5, 0.6) is 0 Å². The molecule has 0 aromatic rings. The standard InChI is InChI=1S/C10H21NO4S/c1-5-8(4)6-16(14,15)11-9(7(2)3)10(12)13/h7-9,11H,5-6H2,1-4H3,(H,12,13)/t8?,9-/m0/s1. The van der Waals surface area contributed by atoms with Crippen LogP contribution in [0.2, 0.25) is 0 Å². The molecular formula is C10H21NO4S. The third-order valence-electron chi connectivity index (χ3n) is 2.44. The largest absolute Gasteiger partial charge is 0.480 e. The van der Waals surface area contributed by atoms with E-state index in [0.29, 0.717) is 0 Å². The highest BCUT2D eigenvalue weighted by Crippen LogP contribution is 2.08. The zero-order valence-electron chi connectivity index (χ0n) is 10.2. The van der Waals surface area contributed by atoms with Crippen LogP contribution in [0.3, 0.4) is 0 Å². The van der Waals surface area contributed by atoms with Gasteiger partial charge < -0.3 is 5.11 Å². The summed E-state index contributed by atoms with van der Waals surface area (Å²) >= 11 is 0. The predicted octanol–water partition coefficient (Wildman–Crippen LogP) is 1.06. The van der Waals surface area contributed by atoms with Crippen LogP contribution in [0.4, 0.5) is 0 Å². The van der Waals surface area contributed by atoms with E-state index in [0.717, 1.165) is 6.42 Å². The van der Waals surface area contributed by atoms with Gasteiger partial charge in [-0.05, 0) is 11.8 Å². The van der Waals surface area contributed by atoms with Gasteiger partial charge in [0.15, 0.2) is 0 Å². The van der Waals surface area contributed by atoms with Gasteiger partial charge in [-0.2, -0.15) is 0 Å². The highest BCUT2D eigenvalue weighted by molar-refractivity contribution is 7.89. The third kappa shape index (κ3) is 5.46. The number of nitrogens with one attached hydrogen (secondary N) is 1. The summed E-state index contributed by atoms with van der Waals surface area (Å²) in [5, 5.41) is 8.87. The summed E-state index contributed by atoms with van der Waals surface area (Å²) in [5.41, 5.74) is 0. The Labute approximate surface area is 97.3 Å². The van der Waals surface area contributed by atoms with E-state index in [9.17, 15) is 13.2 Å².